The molecule has 150 valence electrons. The molecule has 1 amide bonds. The van der Waals surface area contributed by atoms with Crippen LogP contribution >= 0.6 is 11.8 Å². The molecule has 0 saturated carbocycles. The summed E-state index contributed by atoms with van der Waals surface area (Å²) in [4.78, 5) is 22.5. The first kappa shape index (κ1) is 19.1. The molecule has 0 aliphatic heterocycles. The first-order valence-corrected chi connectivity index (χ1v) is 10.7. The lowest BCUT2D eigenvalue weighted by Crippen LogP contribution is -2.22. The van der Waals surface area contributed by atoms with Gasteiger partial charge in [-0.05, 0) is 55.5 Å². The molecule has 2 heterocycles. The summed E-state index contributed by atoms with van der Waals surface area (Å²) in [6.07, 6.45) is 0. The Bertz CT molecular complexity index is 1480. The van der Waals surface area contributed by atoms with Crippen molar-refractivity contribution in [3.05, 3.63) is 78.4 Å². The van der Waals surface area contributed by atoms with Crippen LogP contribution in [0.1, 0.15) is 12.5 Å². The van der Waals surface area contributed by atoms with Crippen LogP contribution in [0.25, 0.3) is 27.6 Å². The molecule has 0 spiro atoms. The van der Waals surface area contributed by atoms with E-state index in [1.54, 1.807) is 24.3 Å². The second kappa shape index (κ2) is 7.74. The van der Waals surface area contributed by atoms with Crippen molar-refractivity contribution in [2.75, 3.05) is 5.32 Å². The van der Waals surface area contributed by atoms with Crippen LogP contribution in [-0.4, -0.2) is 25.5 Å². The fourth-order valence-electron chi connectivity index (χ4n) is 3.48. The van der Waals surface area contributed by atoms with Crippen molar-refractivity contribution < 1.29 is 4.79 Å². The maximum absolute atomic E-state index is 12.8. The summed E-state index contributed by atoms with van der Waals surface area (Å²) >= 11 is 1.39. The van der Waals surface area contributed by atoms with Crippen LogP contribution < -0.4 is 5.32 Å². The molecule has 6 nitrogen and oxygen atoms in total. The van der Waals surface area contributed by atoms with Gasteiger partial charge in [-0.2, -0.15) is 5.26 Å². The van der Waals surface area contributed by atoms with E-state index < -0.39 is 5.25 Å². The molecule has 2 aromatic heterocycles. The fourth-order valence-corrected chi connectivity index (χ4v) is 4.40. The number of para-hydroxylation sites is 3. The lowest BCUT2D eigenvalue weighted by atomic mass is 10.2. The Labute approximate surface area is 182 Å². The highest BCUT2D eigenvalue weighted by atomic mass is 32.2. The molecule has 0 aliphatic rings. The van der Waals surface area contributed by atoms with Gasteiger partial charge in [-0.3, -0.25) is 9.20 Å². The third-order valence-electron chi connectivity index (χ3n) is 5.05. The van der Waals surface area contributed by atoms with Crippen LogP contribution in [0.5, 0.6) is 0 Å². The number of nitrogens with zero attached hydrogens (tertiary/aromatic N) is 4. The molecule has 3 aromatic carbocycles. The van der Waals surface area contributed by atoms with E-state index in [4.69, 9.17) is 15.2 Å². The summed E-state index contributed by atoms with van der Waals surface area (Å²) < 4.78 is 2.02. The number of hydrogen-bond acceptors (Lipinski definition) is 5. The standard InChI is InChI=1S/C24H17N5OS/c1-15(23(30)26-17-12-10-16(14-25)11-13-17)31-24-28-19-7-3-2-6-18(19)22-27-20-8-4-5-9-21(20)29(22)24/h2-13,15H,1H3,(H,26,30). The van der Waals surface area contributed by atoms with Gasteiger partial charge >= 0.3 is 0 Å². The van der Waals surface area contributed by atoms with Crippen molar-refractivity contribution in [3.63, 3.8) is 0 Å². The van der Waals surface area contributed by atoms with Gasteiger partial charge in [0, 0.05) is 11.1 Å². The first-order chi connectivity index (χ1) is 15.1. The molecular weight excluding hydrogens is 406 g/mol. The highest BCUT2D eigenvalue weighted by Crippen LogP contribution is 2.31. The number of imidazole rings is 1. The SMILES string of the molecule is CC(Sc1nc2ccccc2c2nc3ccccc3n12)C(=O)Nc1ccc(C#N)cc1. The molecule has 5 rings (SSSR count). The number of thioether (sulfide) groups is 1. The van der Waals surface area contributed by atoms with Crippen LogP contribution in [0.15, 0.2) is 78.0 Å². The Morgan fingerprint density at radius 2 is 1.71 bits per heavy atom. The van der Waals surface area contributed by atoms with E-state index in [1.165, 1.54) is 11.8 Å². The van der Waals surface area contributed by atoms with Gasteiger partial charge in [0.05, 0.1) is 33.4 Å². The van der Waals surface area contributed by atoms with Crippen molar-refractivity contribution in [2.24, 2.45) is 0 Å². The molecule has 31 heavy (non-hydrogen) atoms. The number of benzene rings is 3. The summed E-state index contributed by atoms with van der Waals surface area (Å²) in [7, 11) is 0. The van der Waals surface area contributed by atoms with Gasteiger partial charge in [-0.1, -0.05) is 36.0 Å². The lowest BCUT2D eigenvalue weighted by molar-refractivity contribution is -0.115. The zero-order valence-electron chi connectivity index (χ0n) is 16.6. The summed E-state index contributed by atoms with van der Waals surface area (Å²) in [5.41, 5.74) is 4.72. The molecule has 5 aromatic rings. The number of carbonyl (C=O) groups excluding carboxylic acids is 1. The summed E-state index contributed by atoms with van der Waals surface area (Å²) in [6, 6.07) is 24.7. The van der Waals surface area contributed by atoms with E-state index in [0.717, 1.165) is 27.6 Å². The number of hydrogen-bond donors (Lipinski definition) is 1. The maximum Gasteiger partial charge on any atom is 0.237 e. The first-order valence-electron chi connectivity index (χ1n) is 9.77. The molecule has 0 saturated heterocycles. The molecule has 7 heteroatoms. The number of aromatic nitrogens is 3. The highest BCUT2D eigenvalue weighted by Gasteiger charge is 2.20. The van der Waals surface area contributed by atoms with Crippen LogP contribution in [0.2, 0.25) is 0 Å². The average molecular weight is 424 g/mol. The second-order valence-corrected chi connectivity index (χ2v) is 8.42. The topological polar surface area (TPSA) is 83.1 Å². The molecule has 1 N–H and O–H groups in total. The monoisotopic (exact) mass is 423 g/mol. The van der Waals surface area contributed by atoms with Gasteiger partial charge in [0.15, 0.2) is 5.16 Å². The number of amides is 1. The number of nitriles is 1. The van der Waals surface area contributed by atoms with Gasteiger partial charge < -0.3 is 5.32 Å². The van der Waals surface area contributed by atoms with Crippen molar-refractivity contribution in [2.45, 2.75) is 17.3 Å². The average Bonchev–Trinajstić information content (AvgIpc) is 3.20. The lowest BCUT2D eigenvalue weighted by Gasteiger charge is -2.14. The van der Waals surface area contributed by atoms with E-state index in [-0.39, 0.29) is 5.91 Å². The minimum absolute atomic E-state index is 0.137. The zero-order chi connectivity index (χ0) is 21.4. The molecule has 0 bridgehead atoms. The van der Waals surface area contributed by atoms with E-state index in [9.17, 15) is 4.79 Å². The van der Waals surface area contributed by atoms with Crippen molar-refractivity contribution in [1.29, 1.82) is 5.26 Å². The van der Waals surface area contributed by atoms with Gasteiger partial charge in [0.1, 0.15) is 5.65 Å². The molecule has 0 radical (unpaired) electrons. The van der Waals surface area contributed by atoms with E-state index in [1.807, 2.05) is 59.9 Å². The molecule has 0 fully saturated rings. The van der Waals surface area contributed by atoms with Crippen molar-refractivity contribution >= 4 is 50.9 Å². The summed E-state index contributed by atoms with van der Waals surface area (Å²) in [6.45, 7) is 1.85. The number of fused-ring (bicyclic) bond motifs is 5. The maximum atomic E-state index is 12.8. The van der Waals surface area contributed by atoms with Gasteiger partial charge in [0.25, 0.3) is 0 Å². The minimum atomic E-state index is -0.395. The summed E-state index contributed by atoms with van der Waals surface area (Å²) in [5.74, 6) is -0.137. The van der Waals surface area contributed by atoms with Gasteiger partial charge in [-0.25, -0.2) is 9.97 Å². The van der Waals surface area contributed by atoms with E-state index in [2.05, 4.69) is 11.4 Å². The fraction of sp³-hybridized carbons (Fsp3) is 0.0833. The number of anilines is 1. The Hall–Kier alpha value is -3.89. The normalized spacial score (nSPS) is 12.1. The summed E-state index contributed by atoms with van der Waals surface area (Å²) in [5, 5.41) is 13.1. The number of nitrogens with one attached hydrogen (secondary N) is 1. The largest absolute Gasteiger partial charge is 0.325 e. The predicted molar refractivity (Wildman–Crippen MR) is 123 cm³/mol. The Kier molecular flexibility index (Phi) is 4.77. The van der Waals surface area contributed by atoms with Crippen LogP contribution in [0, 0.1) is 11.3 Å². The predicted octanol–water partition coefficient (Wildman–Crippen LogP) is 5.03. The number of carbonyl (C=O) groups is 1. The minimum Gasteiger partial charge on any atom is -0.325 e. The highest BCUT2D eigenvalue weighted by molar-refractivity contribution is 8.00. The Morgan fingerprint density at radius 1 is 1.00 bits per heavy atom. The van der Waals surface area contributed by atoms with Crippen LogP contribution in [0.3, 0.4) is 0 Å². The molecule has 0 aliphatic carbocycles. The second-order valence-electron chi connectivity index (χ2n) is 7.11. The van der Waals surface area contributed by atoms with Gasteiger partial charge in [0.2, 0.25) is 5.91 Å². The third-order valence-corrected chi connectivity index (χ3v) is 6.10. The van der Waals surface area contributed by atoms with Crippen LogP contribution in [0.4, 0.5) is 5.69 Å². The zero-order valence-corrected chi connectivity index (χ0v) is 17.4. The van der Waals surface area contributed by atoms with Crippen molar-refractivity contribution in [3.8, 4) is 6.07 Å². The van der Waals surface area contributed by atoms with E-state index >= 15 is 0 Å². The molecule has 1 atom stereocenters. The van der Waals surface area contributed by atoms with Crippen molar-refractivity contribution in [1.82, 2.24) is 14.4 Å². The number of rotatable bonds is 4. The quantitative estimate of drug-likeness (QED) is 0.324. The third kappa shape index (κ3) is 3.47. The van der Waals surface area contributed by atoms with Crippen LogP contribution in [-0.2, 0) is 4.79 Å². The molecule has 1 unspecified atom stereocenters. The smallest absolute Gasteiger partial charge is 0.237 e. The Morgan fingerprint density at radius 3 is 2.48 bits per heavy atom. The van der Waals surface area contributed by atoms with Gasteiger partial charge in [-0.15, -0.1) is 0 Å². The Balaban J connectivity index is 1.52. The van der Waals surface area contributed by atoms with E-state index in [0.29, 0.717) is 16.4 Å². The molecular formula is C24H17N5OS.